The molecule has 6 nitrogen and oxygen atoms in total. The number of halogens is 1. The summed E-state index contributed by atoms with van der Waals surface area (Å²) in [6, 6.07) is 1.62. The van der Waals surface area contributed by atoms with Gasteiger partial charge in [0.15, 0.2) is 0 Å². The number of carbonyl (C=O) groups is 1. The van der Waals surface area contributed by atoms with Gasteiger partial charge in [0, 0.05) is 23.2 Å². The van der Waals surface area contributed by atoms with E-state index in [4.69, 9.17) is 23.1 Å². The first-order valence-corrected chi connectivity index (χ1v) is 7.53. The zero-order valence-electron chi connectivity index (χ0n) is 12.7. The summed E-state index contributed by atoms with van der Waals surface area (Å²) < 4.78 is 1.68. The monoisotopic (exact) mass is 332 g/mol. The van der Waals surface area contributed by atoms with Crippen LogP contribution in [-0.4, -0.2) is 26.7 Å². The highest BCUT2D eigenvalue weighted by Crippen LogP contribution is 2.37. The number of primary amides is 1. The largest absolute Gasteiger partial charge is 0.388 e. The van der Waals surface area contributed by atoms with Crippen LogP contribution < -0.4 is 11.5 Å². The first-order valence-electron chi connectivity index (χ1n) is 7.15. The normalized spacial score (nSPS) is 21.2. The Hall–Kier alpha value is -2.31. The Labute approximate surface area is 138 Å². The van der Waals surface area contributed by atoms with Crippen LogP contribution in [0.3, 0.4) is 0 Å². The lowest BCUT2D eigenvalue weighted by molar-refractivity contribution is 0.100. The third-order valence-corrected chi connectivity index (χ3v) is 4.40. The average Bonchev–Trinajstić information content (AvgIpc) is 2.75. The molecule has 0 bridgehead atoms. The molecule has 2 atom stereocenters. The van der Waals surface area contributed by atoms with Crippen molar-refractivity contribution in [2.24, 2.45) is 11.7 Å². The molecule has 2 aromatic heterocycles. The van der Waals surface area contributed by atoms with E-state index in [1.807, 2.05) is 19.9 Å². The van der Waals surface area contributed by atoms with Gasteiger partial charge in [-0.25, -0.2) is 4.98 Å². The summed E-state index contributed by atoms with van der Waals surface area (Å²) >= 11 is 6.00. The smallest absolute Gasteiger partial charge is 0.253 e. The molecule has 0 radical (unpaired) electrons. The van der Waals surface area contributed by atoms with Crippen LogP contribution in [0, 0.1) is 5.92 Å². The van der Waals surface area contributed by atoms with Gasteiger partial charge in [0.25, 0.3) is 5.91 Å². The number of nitrogens with two attached hydrogens (primary N) is 2. The summed E-state index contributed by atoms with van der Waals surface area (Å²) in [6.07, 6.45) is 4.39. The first-order chi connectivity index (χ1) is 10.8. The maximum absolute atomic E-state index is 11.8. The van der Waals surface area contributed by atoms with Gasteiger partial charge in [0.05, 0.1) is 16.7 Å². The third kappa shape index (κ3) is 2.31. The second-order valence-electron chi connectivity index (χ2n) is 5.69. The van der Waals surface area contributed by atoms with Crippen molar-refractivity contribution in [2.75, 3.05) is 5.73 Å². The van der Waals surface area contributed by atoms with Crippen molar-refractivity contribution in [2.45, 2.75) is 20.0 Å². The van der Waals surface area contributed by atoms with Crippen molar-refractivity contribution in [1.29, 1.82) is 0 Å². The number of carbonyl (C=O) groups excluding carboxylic acids is 1. The fourth-order valence-corrected chi connectivity index (χ4v) is 3.21. The van der Waals surface area contributed by atoms with E-state index in [-0.39, 0.29) is 17.3 Å². The summed E-state index contributed by atoms with van der Waals surface area (Å²) in [4.78, 5) is 16.2. The van der Waals surface area contributed by atoms with Gasteiger partial charge < -0.3 is 16.6 Å². The lowest BCUT2D eigenvalue weighted by Gasteiger charge is -2.27. The predicted molar refractivity (Wildman–Crippen MR) is 90.9 cm³/mol. The van der Waals surface area contributed by atoms with E-state index in [2.05, 4.69) is 4.98 Å². The molecule has 1 aliphatic carbocycles. The maximum atomic E-state index is 11.8. The molecule has 0 aliphatic heterocycles. The van der Waals surface area contributed by atoms with E-state index < -0.39 is 12.0 Å². The minimum absolute atomic E-state index is 0.187. The SMILES string of the molecule is CC1=C(n2c(N)c(C(N)=O)c3cc(Cl)cnc32)C(C)C(O)C=C1. The van der Waals surface area contributed by atoms with E-state index >= 15 is 0 Å². The summed E-state index contributed by atoms with van der Waals surface area (Å²) in [5, 5.41) is 11.0. The Morgan fingerprint density at radius 3 is 2.83 bits per heavy atom. The number of aliphatic hydroxyl groups excluding tert-OH is 1. The molecule has 2 aromatic rings. The number of nitrogens with zero attached hydrogens (tertiary/aromatic N) is 2. The number of fused-ring (bicyclic) bond motifs is 1. The zero-order chi connectivity index (χ0) is 16.9. The van der Waals surface area contributed by atoms with Crippen molar-refractivity contribution < 1.29 is 9.90 Å². The number of anilines is 1. The standard InChI is InChI=1S/C16H17ClN4O2/c1-7-3-4-11(22)8(2)13(7)21-14(18)12(15(19)23)10-5-9(17)6-20-16(10)21/h3-6,8,11,22H,18H2,1-2H3,(H2,19,23). The third-order valence-electron chi connectivity index (χ3n) is 4.19. The number of aromatic nitrogens is 2. The summed E-state index contributed by atoms with van der Waals surface area (Å²) in [5.74, 6) is -0.657. The van der Waals surface area contributed by atoms with E-state index in [1.165, 1.54) is 6.20 Å². The number of rotatable bonds is 2. The second-order valence-corrected chi connectivity index (χ2v) is 6.13. The number of aliphatic hydroxyl groups is 1. The van der Waals surface area contributed by atoms with Gasteiger partial charge in [-0.05, 0) is 18.6 Å². The Balaban J connectivity index is 2.41. The lowest BCUT2D eigenvalue weighted by atomic mass is 9.91. The molecular weight excluding hydrogens is 316 g/mol. The van der Waals surface area contributed by atoms with Crippen LogP contribution in [0.25, 0.3) is 16.7 Å². The van der Waals surface area contributed by atoms with Crippen LogP contribution in [0.15, 0.2) is 30.0 Å². The number of allylic oxidation sites excluding steroid dienone is 2. The van der Waals surface area contributed by atoms with Crippen LogP contribution in [0.5, 0.6) is 0 Å². The summed E-state index contributed by atoms with van der Waals surface area (Å²) in [7, 11) is 0. The maximum Gasteiger partial charge on any atom is 0.253 e. The molecule has 0 spiro atoms. The Bertz CT molecular complexity index is 882. The molecule has 1 aliphatic rings. The number of hydrogen-bond donors (Lipinski definition) is 3. The topological polar surface area (TPSA) is 107 Å². The predicted octanol–water partition coefficient (Wildman–Crippen LogP) is 2.17. The molecule has 23 heavy (non-hydrogen) atoms. The van der Waals surface area contributed by atoms with Gasteiger partial charge in [0.2, 0.25) is 0 Å². The molecule has 0 saturated carbocycles. The number of pyridine rings is 1. The zero-order valence-corrected chi connectivity index (χ0v) is 13.5. The van der Waals surface area contributed by atoms with E-state index in [0.717, 1.165) is 11.3 Å². The molecule has 0 saturated heterocycles. The van der Waals surface area contributed by atoms with Crippen LogP contribution in [-0.2, 0) is 0 Å². The Morgan fingerprint density at radius 2 is 2.17 bits per heavy atom. The summed E-state index contributed by atoms with van der Waals surface area (Å²) in [5.41, 5.74) is 14.1. The minimum Gasteiger partial charge on any atom is -0.388 e. The fourth-order valence-electron chi connectivity index (χ4n) is 3.06. The number of amides is 1. The molecule has 3 rings (SSSR count). The molecule has 0 aromatic carbocycles. The molecule has 2 unspecified atom stereocenters. The van der Waals surface area contributed by atoms with Crippen LogP contribution in [0.4, 0.5) is 5.82 Å². The Kier molecular flexibility index (Phi) is 3.66. The molecule has 1 amide bonds. The number of hydrogen-bond acceptors (Lipinski definition) is 4. The fraction of sp³-hybridized carbons (Fsp3) is 0.250. The van der Waals surface area contributed by atoms with Crippen molar-refractivity contribution in [3.8, 4) is 0 Å². The van der Waals surface area contributed by atoms with Crippen LogP contribution in [0.2, 0.25) is 5.02 Å². The van der Waals surface area contributed by atoms with Crippen molar-refractivity contribution in [1.82, 2.24) is 9.55 Å². The second kappa shape index (κ2) is 5.40. The minimum atomic E-state index is -0.645. The van der Waals surface area contributed by atoms with Gasteiger partial charge in [-0.15, -0.1) is 0 Å². The Morgan fingerprint density at radius 1 is 1.48 bits per heavy atom. The van der Waals surface area contributed by atoms with E-state index in [9.17, 15) is 9.90 Å². The molecule has 120 valence electrons. The van der Waals surface area contributed by atoms with Crippen molar-refractivity contribution >= 4 is 40.1 Å². The highest BCUT2D eigenvalue weighted by Gasteiger charge is 2.29. The van der Waals surface area contributed by atoms with Crippen LogP contribution in [0.1, 0.15) is 24.2 Å². The quantitative estimate of drug-likeness (QED) is 0.783. The van der Waals surface area contributed by atoms with Gasteiger partial charge in [-0.2, -0.15) is 0 Å². The first kappa shape index (κ1) is 15.6. The van der Waals surface area contributed by atoms with E-state index in [1.54, 1.807) is 16.7 Å². The molecule has 0 fully saturated rings. The molecule has 7 heteroatoms. The highest BCUT2D eigenvalue weighted by molar-refractivity contribution is 6.31. The van der Waals surface area contributed by atoms with Crippen molar-refractivity contribution in [3.63, 3.8) is 0 Å². The lowest BCUT2D eigenvalue weighted by Crippen LogP contribution is -2.24. The number of nitrogen functional groups attached to an aromatic ring is 1. The van der Waals surface area contributed by atoms with Gasteiger partial charge in [-0.1, -0.05) is 30.7 Å². The van der Waals surface area contributed by atoms with Crippen LogP contribution >= 0.6 is 11.6 Å². The van der Waals surface area contributed by atoms with E-state index in [0.29, 0.717) is 16.1 Å². The van der Waals surface area contributed by atoms with Crippen molar-refractivity contribution in [3.05, 3.63) is 40.6 Å². The van der Waals surface area contributed by atoms with Gasteiger partial charge in [0.1, 0.15) is 11.5 Å². The summed E-state index contributed by atoms with van der Waals surface area (Å²) in [6.45, 7) is 3.80. The van der Waals surface area contributed by atoms with Gasteiger partial charge >= 0.3 is 0 Å². The molecule has 2 heterocycles. The highest BCUT2D eigenvalue weighted by atomic mass is 35.5. The molecular formula is C16H17ClN4O2. The average molecular weight is 333 g/mol. The van der Waals surface area contributed by atoms with Gasteiger partial charge in [-0.3, -0.25) is 9.36 Å². The molecule has 5 N–H and O–H groups in total.